The van der Waals surface area contributed by atoms with Crippen LogP contribution in [-0.4, -0.2) is 25.2 Å². The average Bonchev–Trinajstić information content (AvgIpc) is 3.24. The van der Waals surface area contributed by atoms with E-state index in [1.165, 1.54) is 17.5 Å². The highest BCUT2D eigenvalue weighted by molar-refractivity contribution is 5.88. The summed E-state index contributed by atoms with van der Waals surface area (Å²) in [7, 11) is 0. The summed E-state index contributed by atoms with van der Waals surface area (Å²) in [5, 5.41) is 4.06. The van der Waals surface area contributed by atoms with Gasteiger partial charge in [0.2, 0.25) is 5.91 Å². The number of aryl methyl sites for hydroxylation is 2. The van der Waals surface area contributed by atoms with Crippen LogP contribution in [-0.2, 0) is 28.8 Å². The van der Waals surface area contributed by atoms with Crippen molar-refractivity contribution < 1.29 is 13.9 Å². The number of furan rings is 1. The first-order valence-corrected chi connectivity index (χ1v) is 8.20. The number of rotatable bonds is 4. The molecule has 4 rings (SSSR count). The number of ether oxygens (including phenoxy) is 1. The number of hydrogen-bond acceptors (Lipinski definition) is 3. The lowest BCUT2D eigenvalue weighted by Crippen LogP contribution is -2.32. The van der Waals surface area contributed by atoms with Crippen LogP contribution in [0, 0.1) is 0 Å². The van der Waals surface area contributed by atoms with Crippen molar-refractivity contribution in [1.82, 2.24) is 5.32 Å². The molecule has 4 nitrogen and oxygen atoms in total. The van der Waals surface area contributed by atoms with E-state index in [0.29, 0.717) is 13.0 Å². The molecule has 4 heteroatoms. The second-order valence-corrected chi connectivity index (χ2v) is 6.35. The van der Waals surface area contributed by atoms with E-state index in [-0.39, 0.29) is 12.0 Å². The zero-order chi connectivity index (χ0) is 14.9. The lowest BCUT2D eigenvalue weighted by molar-refractivity contribution is -0.120. The van der Waals surface area contributed by atoms with Crippen molar-refractivity contribution >= 4 is 16.9 Å². The van der Waals surface area contributed by atoms with Gasteiger partial charge in [0.1, 0.15) is 5.58 Å². The molecule has 1 amide bonds. The predicted molar refractivity (Wildman–Crippen MR) is 83.9 cm³/mol. The van der Waals surface area contributed by atoms with Gasteiger partial charge in [-0.25, -0.2) is 0 Å². The average molecular weight is 299 g/mol. The van der Waals surface area contributed by atoms with E-state index in [4.69, 9.17) is 9.15 Å². The molecule has 2 aromatic rings. The largest absolute Gasteiger partial charge is 0.464 e. The number of fused-ring (bicyclic) bond motifs is 2. The third kappa shape index (κ3) is 2.63. The molecule has 0 spiro atoms. The fourth-order valence-electron chi connectivity index (χ4n) is 3.55. The van der Waals surface area contributed by atoms with Gasteiger partial charge in [-0.3, -0.25) is 4.79 Å². The minimum absolute atomic E-state index is 0.0405. The molecule has 1 atom stereocenters. The normalized spacial score (nSPS) is 20.5. The Morgan fingerprint density at radius 3 is 2.91 bits per heavy atom. The zero-order valence-corrected chi connectivity index (χ0v) is 12.7. The summed E-state index contributed by atoms with van der Waals surface area (Å²) in [4.78, 5) is 12.1. The summed E-state index contributed by atoms with van der Waals surface area (Å²) in [6, 6.07) is 4.36. The molecule has 116 valence electrons. The first-order valence-electron chi connectivity index (χ1n) is 8.20. The Hall–Kier alpha value is -1.81. The van der Waals surface area contributed by atoms with E-state index in [2.05, 4.69) is 17.4 Å². The first-order chi connectivity index (χ1) is 10.8. The van der Waals surface area contributed by atoms with Crippen LogP contribution in [0.2, 0.25) is 0 Å². The van der Waals surface area contributed by atoms with Gasteiger partial charge in [0.25, 0.3) is 0 Å². The van der Waals surface area contributed by atoms with Crippen LogP contribution < -0.4 is 5.32 Å². The highest BCUT2D eigenvalue weighted by atomic mass is 16.5. The van der Waals surface area contributed by atoms with E-state index in [9.17, 15) is 4.79 Å². The molecule has 0 bridgehead atoms. The van der Waals surface area contributed by atoms with Crippen molar-refractivity contribution in [3.8, 4) is 0 Å². The Kier molecular flexibility index (Phi) is 3.62. The highest BCUT2D eigenvalue weighted by Crippen LogP contribution is 2.30. The molecule has 1 aliphatic heterocycles. The molecule has 2 heterocycles. The molecule has 0 radical (unpaired) electrons. The summed E-state index contributed by atoms with van der Waals surface area (Å²) >= 11 is 0. The van der Waals surface area contributed by atoms with Gasteiger partial charge in [0.15, 0.2) is 0 Å². The third-order valence-corrected chi connectivity index (χ3v) is 4.77. The Morgan fingerprint density at radius 2 is 2.09 bits per heavy atom. The van der Waals surface area contributed by atoms with Crippen LogP contribution in [0.3, 0.4) is 0 Å². The van der Waals surface area contributed by atoms with Crippen LogP contribution in [0.15, 0.2) is 22.8 Å². The molecule has 1 N–H and O–H groups in total. The second-order valence-electron chi connectivity index (χ2n) is 6.35. The molecule has 0 saturated carbocycles. The lowest BCUT2D eigenvalue weighted by Gasteiger charge is -2.10. The van der Waals surface area contributed by atoms with Crippen LogP contribution in [0.25, 0.3) is 11.0 Å². The van der Waals surface area contributed by atoms with Crippen molar-refractivity contribution in [2.75, 3.05) is 13.2 Å². The lowest BCUT2D eigenvalue weighted by atomic mass is 10.0. The predicted octanol–water partition coefficient (Wildman–Crippen LogP) is 2.76. The van der Waals surface area contributed by atoms with Gasteiger partial charge in [0, 0.05) is 24.1 Å². The van der Waals surface area contributed by atoms with Gasteiger partial charge < -0.3 is 14.5 Å². The Balaban J connectivity index is 1.45. The third-order valence-electron chi connectivity index (χ3n) is 4.77. The summed E-state index contributed by atoms with van der Waals surface area (Å²) < 4.78 is 11.2. The van der Waals surface area contributed by atoms with E-state index >= 15 is 0 Å². The maximum Gasteiger partial charge on any atom is 0.224 e. The van der Waals surface area contributed by atoms with Crippen molar-refractivity contribution in [1.29, 1.82) is 0 Å². The van der Waals surface area contributed by atoms with E-state index in [1.807, 2.05) is 0 Å². The fourth-order valence-corrected chi connectivity index (χ4v) is 3.55. The van der Waals surface area contributed by atoms with Gasteiger partial charge in [-0.15, -0.1) is 0 Å². The summed E-state index contributed by atoms with van der Waals surface area (Å²) in [5.41, 5.74) is 4.70. The summed E-state index contributed by atoms with van der Waals surface area (Å²) in [6.45, 7) is 1.43. The molecule has 22 heavy (non-hydrogen) atoms. The summed E-state index contributed by atoms with van der Waals surface area (Å²) in [5.74, 6) is 0.0405. The minimum Gasteiger partial charge on any atom is -0.464 e. The number of hydrogen-bond donors (Lipinski definition) is 1. The molecule has 2 aliphatic rings. The zero-order valence-electron chi connectivity index (χ0n) is 12.7. The van der Waals surface area contributed by atoms with E-state index in [0.717, 1.165) is 48.8 Å². The van der Waals surface area contributed by atoms with Crippen LogP contribution in [0.4, 0.5) is 0 Å². The molecule has 1 aromatic carbocycles. The minimum atomic E-state index is 0.0405. The molecule has 1 fully saturated rings. The topological polar surface area (TPSA) is 51.5 Å². The standard InChI is InChI=1S/C18H21NO3/c20-18(19-10-15-5-2-6-21-15)9-14-11-22-17-8-13-4-1-3-12(13)7-16(14)17/h7-8,11,15H,1-6,9-10H2,(H,19,20). The maximum absolute atomic E-state index is 12.1. The number of carbonyl (C=O) groups is 1. The molecular weight excluding hydrogens is 278 g/mol. The van der Waals surface area contributed by atoms with Crippen LogP contribution >= 0.6 is 0 Å². The SMILES string of the molecule is O=C(Cc1coc2cc3c(cc12)CCC3)NCC1CCCO1. The van der Waals surface area contributed by atoms with Crippen molar-refractivity contribution in [2.24, 2.45) is 0 Å². The maximum atomic E-state index is 12.1. The van der Waals surface area contributed by atoms with Gasteiger partial charge >= 0.3 is 0 Å². The second kappa shape index (κ2) is 5.76. The molecule has 1 saturated heterocycles. The Bertz CT molecular complexity index is 698. The quantitative estimate of drug-likeness (QED) is 0.944. The number of benzene rings is 1. The number of amides is 1. The van der Waals surface area contributed by atoms with Gasteiger partial charge in [0.05, 0.1) is 18.8 Å². The van der Waals surface area contributed by atoms with Gasteiger partial charge in [-0.2, -0.15) is 0 Å². The molecule has 1 aromatic heterocycles. The molecule has 1 aliphatic carbocycles. The van der Waals surface area contributed by atoms with Crippen molar-refractivity contribution in [2.45, 2.75) is 44.6 Å². The van der Waals surface area contributed by atoms with E-state index in [1.54, 1.807) is 6.26 Å². The van der Waals surface area contributed by atoms with Gasteiger partial charge in [-0.05, 0) is 55.4 Å². The Labute approximate surface area is 129 Å². The van der Waals surface area contributed by atoms with Gasteiger partial charge in [-0.1, -0.05) is 0 Å². The monoisotopic (exact) mass is 299 g/mol. The molecule has 1 unspecified atom stereocenters. The van der Waals surface area contributed by atoms with Crippen LogP contribution in [0.5, 0.6) is 0 Å². The van der Waals surface area contributed by atoms with Crippen LogP contribution in [0.1, 0.15) is 36.0 Å². The Morgan fingerprint density at radius 1 is 1.23 bits per heavy atom. The number of nitrogens with one attached hydrogen (secondary N) is 1. The summed E-state index contributed by atoms with van der Waals surface area (Å²) in [6.07, 6.45) is 7.93. The number of carbonyl (C=O) groups excluding carboxylic acids is 1. The molecular formula is C18H21NO3. The van der Waals surface area contributed by atoms with E-state index < -0.39 is 0 Å². The van der Waals surface area contributed by atoms with Crippen molar-refractivity contribution in [3.05, 3.63) is 35.1 Å². The van der Waals surface area contributed by atoms with Crippen molar-refractivity contribution in [3.63, 3.8) is 0 Å². The first kappa shape index (κ1) is 13.8. The smallest absolute Gasteiger partial charge is 0.224 e. The fraction of sp³-hybridized carbons (Fsp3) is 0.500. The highest BCUT2D eigenvalue weighted by Gasteiger charge is 2.18.